The molecule has 0 bridgehead atoms. The maximum Gasteiger partial charge on any atom is 0.251 e. The van der Waals surface area contributed by atoms with Crippen molar-refractivity contribution in [2.45, 2.75) is 12.7 Å². The maximum absolute atomic E-state index is 13.2. The van der Waals surface area contributed by atoms with E-state index in [0.29, 0.717) is 0 Å². The highest BCUT2D eigenvalue weighted by molar-refractivity contribution is 6.31. The molecule has 0 spiro atoms. The normalized spacial score (nSPS) is 25.4. The zero-order valence-corrected chi connectivity index (χ0v) is 10.4. The van der Waals surface area contributed by atoms with E-state index in [1.54, 1.807) is 0 Å². The molecule has 5 heteroatoms. The van der Waals surface area contributed by atoms with Gasteiger partial charge in [0.25, 0.3) is 5.91 Å². The minimum absolute atomic E-state index is 0.0127. The fourth-order valence-electron chi connectivity index (χ4n) is 1.65. The third-order valence-electron chi connectivity index (χ3n) is 2.54. The molecule has 2 rings (SSSR count). The average Bonchev–Trinajstić information content (AvgIpc) is 2.35. The number of hydrogen-bond donors (Lipinski definition) is 2. The molecule has 0 saturated carbocycles. The molecule has 18 heavy (non-hydrogen) atoms. The number of halogens is 2. The smallest absolute Gasteiger partial charge is 0.251 e. The molecule has 0 radical (unpaired) electrons. The molecule has 1 saturated heterocycles. The lowest BCUT2D eigenvalue weighted by Crippen LogP contribution is -2.36. The second-order valence-corrected chi connectivity index (χ2v) is 4.37. The van der Waals surface area contributed by atoms with Gasteiger partial charge in [0.15, 0.2) is 0 Å². The van der Waals surface area contributed by atoms with Gasteiger partial charge < -0.3 is 10.6 Å². The summed E-state index contributed by atoms with van der Waals surface area (Å²) in [7, 11) is 0. The molecule has 1 fully saturated rings. The second-order valence-electron chi connectivity index (χ2n) is 3.93. The first-order chi connectivity index (χ1) is 10.1. The Hall–Kier alpha value is -1.13. The largest absolute Gasteiger partial charge is 0.352 e. The van der Waals surface area contributed by atoms with Crippen LogP contribution in [0.25, 0.3) is 0 Å². The van der Waals surface area contributed by atoms with E-state index in [0.717, 1.165) is 12.1 Å². The number of nitrogens with one attached hydrogen (secondary N) is 2. The van der Waals surface area contributed by atoms with Crippen molar-refractivity contribution in [1.82, 2.24) is 10.6 Å². The standard InChI is InChI=1S/C13H16ClFN2O/c14-11-5-10(6-12(15)7-11)13(18)17-8-9-1-3-16-4-2-9/h5-7,9,16H,1-4,8H2,(H,17,18)/i1D2,2D2. The molecule has 2 N–H and O–H groups in total. The lowest BCUT2D eigenvalue weighted by molar-refractivity contribution is 0.0944. The molecule has 0 aromatic heterocycles. The van der Waals surface area contributed by atoms with Crippen molar-refractivity contribution >= 4 is 17.5 Å². The summed E-state index contributed by atoms with van der Waals surface area (Å²) in [5, 5.41) is 5.24. The summed E-state index contributed by atoms with van der Waals surface area (Å²) >= 11 is 5.69. The number of carbonyl (C=O) groups excluding carboxylic acids is 1. The fraction of sp³-hybridized carbons (Fsp3) is 0.462. The van der Waals surface area contributed by atoms with Crippen LogP contribution in [0.4, 0.5) is 4.39 Å². The number of amides is 1. The molecule has 0 unspecified atom stereocenters. The molecule has 1 aliphatic heterocycles. The van der Waals surface area contributed by atoms with Gasteiger partial charge in [0.05, 0.1) is 0 Å². The van der Waals surface area contributed by atoms with E-state index in [4.69, 9.17) is 17.1 Å². The SMILES string of the molecule is [2H]C1([2H])CNCC([2H])([2H])C1CNC(=O)c1cc(F)cc(Cl)c1. The van der Waals surface area contributed by atoms with Crippen molar-refractivity contribution in [2.24, 2.45) is 5.92 Å². The molecule has 98 valence electrons. The number of carbonyl (C=O) groups is 1. The Bertz CT molecular complexity index is 549. The van der Waals surface area contributed by atoms with Crippen molar-refractivity contribution in [3.05, 3.63) is 34.6 Å². The molecule has 3 nitrogen and oxygen atoms in total. The topological polar surface area (TPSA) is 41.1 Å². The Kier molecular flexibility index (Phi) is 3.04. The number of piperidine rings is 1. The summed E-state index contributed by atoms with van der Waals surface area (Å²) in [5.74, 6) is -2.27. The van der Waals surface area contributed by atoms with Crippen LogP contribution in [0.3, 0.4) is 0 Å². The van der Waals surface area contributed by atoms with Crippen molar-refractivity contribution in [3.8, 4) is 0 Å². The van der Waals surface area contributed by atoms with E-state index in [1.807, 2.05) is 0 Å². The molecule has 1 heterocycles. The van der Waals surface area contributed by atoms with Crippen molar-refractivity contribution in [1.29, 1.82) is 0 Å². The van der Waals surface area contributed by atoms with Crippen LogP contribution < -0.4 is 10.6 Å². The van der Waals surface area contributed by atoms with Gasteiger partial charge in [0, 0.05) is 22.6 Å². The summed E-state index contributed by atoms with van der Waals surface area (Å²) in [6.07, 6.45) is -3.59. The number of rotatable bonds is 3. The Balaban J connectivity index is 2.09. The summed E-state index contributed by atoms with van der Waals surface area (Å²) in [5.41, 5.74) is 0.0139. The van der Waals surface area contributed by atoms with Gasteiger partial charge >= 0.3 is 0 Å². The maximum atomic E-state index is 13.2. The third-order valence-corrected chi connectivity index (χ3v) is 2.76. The van der Waals surface area contributed by atoms with E-state index in [2.05, 4.69) is 10.6 Å². The summed E-state index contributed by atoms with van der Waals surface area (Å²) in [6, 6.07) is 3.39. The number of hydrogen-bond acceptors (Lipinski definition) is 2. The third kappa shape index (κ3) is 3.68. The molecule has 1 amide bonds. The Morgan fingerprint density at radius 1 is 1.50 bits per heavy atom. The average molecular weight is 275 g/mol. The van der Waals surface area contributed by atoms with E-state index in [-0.39, 0.29) is 30.2 Å². The quantitative estimate of drug-likeness (QED) is 0.887. The monoisotopic (exact) mass is 274 g/mol. The lowest BCUT2D eigenvalue weighted by atomic mass is 9.98. The van der Waals surface area contributed by atoms with E-state index >= 15 is 0 Å². The number of benzene rings is 1. The van der Waals surface area contributed by atoms with Crippen LogP contribution >= 0.6 is 11.6 Å². The fourth-order valence-corrected chi connectivity index (χ4v) is 1.87. The molecule has 0 atom stereocenters. The van der Waals surface area contributed by atoms with Gasteiger partial charge in [0.2, 0.25) is 0 Å². The van der Waals surface area contributed by atoms with Crippen LogP contribution in [-0.2, 0) is 0 Å². The molecule has 1 aliphatic rings. The summed E-state index contributed by atoms with van der Waals surface area (Å²) < 4.78 is 44.8. The van der Waals surface area contributed by atoms with Crippen molar-refractivity contribution < 1.29 is 14.7 Å². The van der Waals surface area contributed by atoms with E-state index < -0.39 is 30.4 Å². The Morgan fingerprint density at radius 2 is 2.22 bits per heavy atom. The Labute approximate surface area is 116 Å². The molecular formula is C13H16ClFN2O. The van der Waals surface area contributed by atoms with Crippen molar-refractivity contribution in [3.63, 3.8) is 0 Å². The molecule has 1 aromatic rings. The second kappa shape index (κ2) is 6.16. The minimum Gasteiger partial charge on any atom is -0.352 e. The zero-order chi connectivity index (χ0) is 16.5. The summed E-state index contributed by atoms with van der Waals surface area (Å²) in [6.45, 7) is -0.160. The van der Waals surface area contributed by atoms with E-state index in [9.17, 15) is 9.18 Å². The predicted molar refractivity (Wildman–Crippen MR) is 69.3 cm³/mol. The van der Waals surface area contributed by atoms with Gasteiger partial charge in [-0.25, -0.2) is 4.39 Å². The van der Waals surface area contributed by atoms with Gasteiger partial charge in [-0.2, -0.15) is 0 Å². The van der Waals surface area contributed by atoms with Crippen LogP contribution in [0.5, 0.6) is 0 Å². The van der Waals surface area contributed by atoms with Gasteiger partial charge in [-0.05, 0) is 50.0 Å². The zero-order valence-electron chi connectivity index (χ0n) is 13.6. The molecule has 1 aromatic carbocycles. The van der Waals surface area contributed by atoms with Crippen LogP contribution in [-0.4, -0.2) is 25.5 Å². The first kappa shape index (κ1) is 8.88. The summed E-state index contributed by atoms with van der Waals surface area (Å²) in [4.78, 5) is 12.0. The highest BCUT2D eigenvalue weighted by Crippen LogP contribution is 2.15. The first-order valence-electron chi connectivity index (χ1n) is 7.57. The predicted octanol–water partition coefficient (Wildman–Crippen LogP) is 2.21. The van der Waals surface area contributed by atoms with Crippen LogP contribution in [0.2, 0.25) is 5.02 Å². The molecular weight excluding hydrogens is 255 g/mol. The van der Waals surface area contributed by atoms with Crippen molar-refractivity contribution in [2.75, 3.05) is 19.6 Å². The lowest BCUT2D eigenvalue weighted by Gasteiger charge is -2.22. The Morgan fingerprint density at radius 3 is 2.89 bits per heavy atom. The van der Waals surface area contributed by atoms with Crippen LogP contribution in [0.1, 0.15) is 28.6 Å². The van der Waals surface area contributed by atoms with Gasteiger partial charge in [0.1, 0.15) is 5.82 Å². The van der Waals surface area contributed by atoms with Gasteiger partial charge in [-0.3, -0.25) is 4.79 Å². The first-order valence-corrected chi connectivity index (χ1v) is 5.95. The van der Waals surface area contributed by atoms with Gasteiger partial charge in [-0.1, -0.05) is 11.6 Å². The van der Waals surface area contributed by atoms with Gasteiger partial charge in [-0.15, -0.1) is 0 Å². The highest BCUT2D eigenvalue weighted by atomic mass is 35.5. The van der Waals surface area contributed by atoms with Crippen LogP contribution in [0, 0.1) is 11.7 Å². The minimum atomic E-state index is -1.80. The molecule has 0 aliphatic carbocycles. The van der Waals surface area contributed by atoms with E-state index in [1.165, 1.54) is 6.07 Å². The van der Waals surface area contributed by atoms with Crippen LogP contribution in [0.15, 0.2) is 18.2 Å². The highest BCUT2D eigenvalue weighted by Gasteiger charge is 2.15.